The highest BCUT2D eigenvalue weighted by Gasteiger charge is 2.09. The summed E-state index contributed by atoms with van der Waals surface area (Å²) in [6.45, 7) is 6.87. The Morgan fingerprint density at radius 3 is 2.53 bits per heavy atom. The number of hydrogen-bond acceptors (Lipinski definition) is 4. The topological polar surface area (TPSA) is 54.4 Å². The van der Waals surface area contributed by atoms with Crippen LogP contribution < -0.4 is 5.32 Å². The molecule has 0 aromatic carbocycles. The molecule has 1 unspecified atom stereocenters. The van der Waals surface area contributed by atoms with Crippen molar-refractivity contribution in [2.24, 2.45) is 0 Å². The molecule has 0 aliphatic rings. The number of rotatable bonds is 7. The molecule has 0 spiro atoms. The van der Waals surface area contributed by atoms with Gasteiger partial charge in [0.2, 0.25) is 0 Å². The zero-order valence-electron chi connectivity index (χ0n) is 10.8. The Kier molecular flexibility index (Phi) is 6.11. The standard InChI is InChI=1S/C13H22N2O2/c1-10(2)17-9-13(16)8-15-11(3)12-4-6-14-7-5-12/h4-7,10-11,13,15-16H,8-9H2,1-3H3/t11-,13?/m1/s1. The van der Waals surface area contributed by atoms with Gasteiger partial charge in [-0.1, -0.05) is 0 Å². The van der Waals surface area contributed by atoms with E-state index >= 15 is 0 Å². The van der Waals surface area contributed by atoms with Crippen molar-refractivity contribution in [1.82, 2.24) is 10.3 Å². The summed E-state index contributed by atoms with van der Waals surface area (Å²) in [5.74, 6) is 0. The molecule has 0 radical (unpaired) electrons. The minimum absolute atomic E-state index is 0.155. The van der Waals surface area contributed by atoms with Gasteiger partial charge in [-0.15, -0.1) is 0 Å². The third-order valence-electron chi connectivity index (χ3n) is 2.49. The van der Waals surface area contributed by atoms with Crippen LogP contribution in [0.25, 0.3) is 0 Å². The minimum Gasteiger partial charge on any atom is -0.389 e. The van der Waals surface area contributed by atoms with Gasteiger partial charge in [-0.2, -0.15) is 0 Å². The molecule has 0 aliphatic carbocycles. The van der Waals surface area contributed by atoms with Gasteiger partial charge in [-0.3, -0.25) is 4.98 Å². The second kappa shape index (κ2) is 7.37. The third-order valence-corrected chi connectivity index (χ3v) is 2.49. The molecule has 0 saturated carbocycles. The van der Waals surface area contributed by atoms with Crippen molar-refractivity contribution in [2.75, 3.05) is 13.2 Å². The maximum Gasteiger partial charge on any atom is 0.0898 e. The molecule has 4 heteroatoms. The van der Waals surface area contributed by atoms with Crippen LogP contribution >= 0.6 is 0 Å². The smallest absolute Gasteiger partial charge is 0.0898 e. The first-order valence-corrected chi connectivity index (χ1v) is 6.02. The maximum absolute atomic E-state index is 9.69. The van der Waals surface area contributed by atoms with Crippen LogP contribution in [0.2, 0.25) is 0 Å². The lowest BCUT2D eigenvalue weighted by molar-refractivity contribution is 0.00560. The Bertz CT molecular complexity index is 304. The van der Waals surface area contributed by atoms with Crippen LogP contribution in [0, 0.1) is 0 Å². The molecule has 96 valence electrons. The van der Waals surface area contributed by atoms with E-state index in [9.17, 15) is 5.11 Å². The fraction of sp³-hybridized carbons (Fsp3) is 0.615. The fourth-order valence-corrected chi connectivity index (χ4v) is 1.45. The monoisotopic (exact) mass is 238 g/mol. The molecule has 1 aromatic rings. The highest BCUT2D eigenvalue weighted by molar-refractivity contribution is 5.13. The number of pyridine rings is 1. The fourth-order valence-electron chi connectivity index (χ4n) is 1.45. The normalized spacial score (nSPS) is 14.9. The molecular weight excluding hydrogens is 216 g/mol. The zero-order chi connectivity index (χ0) is 12.7. The quantitative estimate of drug-likeness (QED) is 0.756. The van der Waals surface area contributed by atoms with Gasteiger partial charge < -0.3 is 15.2 Å². The van der Waals surface area contributed by atoms with Crippen molar-refractivity contribution >= 4 is 0 Å². The summed E-state index contributed by atoms with van der Waals surface area (Å²) in [7, 11) is 0. The van der Waals surface area contributed by atoms with Gasteiger partial charge in [0, 0.05) is 25.0 Å². The average Bonchev–Trinajstić information content (AvgIpc) is 2.34. The number of nitrogens with one attached hydrogen (secondary N) is 1. The Hall–Kier alpha value is -0.970. The second-order valence-corrected chi connectivity index (χ2v) is 4.45. The van der Waals surface area contributed by atoms with Crippen molar-refractivity contribution in [1.29, 1.82) is 0 Å². The Balaban J connectivity index is 2.26. The molecule has 2 N–H and O–H groups in total. The Labute approximate surface area is 103 Å². The van der Waals surface area contributed by atoms with E-state index < -0.39 is 6.10 Å². The van der Waals surface area contributed by atoms with Crippen LogP contribution in [0.5, 0.6) is 0 Å². The first-order chi connectivity index (χ1) is 8.09. The van der Waals surface area contributed by atoms with Gasteiger partial charge in [0.1, 0.15) is 0 Å². The molecule has 0 saturated heterocycles. The van der Waals surface area contributed by atoms with Crippen LogP contribution in [-0.4, -0.2) is 35.5 Å². The predicted molar refractivity (Wildman–Crippen MR) is 67.7 cm³/mol. The summed E-state index contributed by atoms with van der Waals surface area (Å²) in [6, 6.07) is 4.13. The van der Waals surface area contributed by atoms with E-state index in [2.05, 4.69) is 17.2 Å². The van der Waals surface area contributed by atoms with Crippen molar-refractivity contribution in [2.45, 2.75) is 39.0 Å². The van der Waals surface area contributed by atoms with Gasteiger partial charge in [0.05, 0.1) is 18.8 Å². The van der Waals surface area contributed by atoms with E-state index in [0.29, 0.717) is 13.2 Å². The van der Waals surface area contributed by atoms with Gasteiger partial charge in [0.15, 0.2) is 0 Å². The van der Waals surface area contributed by atoms with Crippen molar-refractivity contribution in [3.05, 3.63) is 30.1 Å². The lowest BCUT2D eigenvalue weighted by Crippen LogP contribution is -2.32. The SMILES string of the molecule is CC(C)OCC(O)CN[C@H](C)c1ccncc1. The summed E-state index contributed by atoms with van der Waals surface area (Å²) in [4.78, 5) is 3.97. The highest BCUT2D eigenvalue weighted by atomic mass is 16.5. The first-order valence-electron chi connectivity index (χ1n) is 6.02. The van der Waals surface area contributed by atoms with Crippen molar-refractivity contribution < 1.29 is 9.84 Å². The molecule has 4 nitrogen and oxygen atoms in total. The number of aliphatic hydroxyl groups is 1. The average molecular weight is 238 g/mol. The van der Waals surface area contributed by atoms with E-state index in [1.165, 1.54) is 0 Å². The van der Waals surface area contributed by atoms with Crippen LogP contribution in [0.3, 0.4) is 0 Å². The van der Waals surface area contributed by atoms with E-state index in [-0.39, 0.29) is 12.1 Å². The van der Waals surface area contributed by atoms with Crippen LogP contribution in [-0.2, 0) is 4.74 Å². The lowest BCUT2D eigenvalue weighted by atomic mass is 10.1. The summed E-state index contributed by atoms with van der Waals surface area (Å²) < 4.78 is 5.34. The van der Waals surface area contributed by atoms with E-state index in [4.69, 9.17) is 4.74 Å². The summed E-state index contributed by atoms with van der Waals surface area (Å²) in [5.41, 5.74) is 1.16. The summed E-state index contributed by atoms with van der Waals surface area (Å²) in [6.07, 6.45) is 3.22. The summed E-state index contributed by atoms with van der Waals surface area (Å²) in [5, 5.41) is 13.0. The van der Waals surface area contributed by atoms with Gasteiger partial charge in [0.25, 0.3) is 0 Å². The molecule has 2 atom stereocenters. The third kappa shape index (κ3) is 5.77. The molecule has 1 rings (SSSR count). The van der Waals surface area contributed by atoms with Crippen molar-refractivity contribution in [3.63, 3.8) is 0 Å². The summed E-state index contributed by atoms with van der Waals surface area (Å²) >= 11 is 0. The van der Waals surface area contributed by atoms with Crippen LogP contribution in [0.4, 0.5) is 0 Å². The van der Waals surface area contributed by atoms with Gasteiger partial charge in [-0.05, 0) is 38.5 Å². The van der Waals surface area contributed by atoms with Crippen molar-refractivity contribution in [3.8, 4) is 0 Å². The van der Waals surface area contributed by atoms with Gasteiger partial charge in [-0.25, -0.2) is 0 Å². The number of nitrogens with zero attached hydrogens (tertiary/aromatic N) is 1. The Morgan fingerprint density at radius 1 is 1.29 bits per heavy atom. The van der Waals surface area contributed by atoms with E-state index in [0.717, 1.165) is 5.56 Å². The van der Waals surface area contributed by atoms with E-state index in [1.807, 2.05) is 26.0 Å². The van der Waals surface area contributed by atoms with Gasteiger partial charge >= 0.3 is 0 Å². The molecule has 1 heterocycles. The molecule has 0 aliphatic heterocycles. The molecule has 0 bridgehead atoms. The molecule has 17 heavy (non-hydrogen) atoms. The molecule has 0 amide bonds. The largest absolute Gasteiger partial charge is 0.389 e. The highest BCUT2D eigenvalue weighted by Crippen LogP contribution is 2.09. The van der Waals surface area contributed by atoms with E-state index in [1.54, 1.807) is 12.4 Å². The van der Waals surface area contributed by atoms with Crippen LogP contribution in [0.15, 0.2) is 24.5 Å². The Morgan fingerprint density at radius 2 is 1.94 bits per heavy atom. The number of aliphatic hydroxyl groups excluding tert-OH is 1. The molecule has 0 fully saturated rings. The second-order valence-electron chi connectivity index (χ2n) is 4.45. The maximum atomic E-state index is 9.69. The molecular formula is C13H22N2O2. The van der Waals surface area contributed by atoms with Crippen LogP contribution in [0.1, 0.15) is 32.4 Å². The lowest BCUT2D eigenvalue weighted by Gasteiger charge is -2.18. The molecule has 1 aromatic heterocycles. The first kappa shape index (κ1) is 14.1. The minimum atomic E-state index is -0.471. The zero-order valence-corrected chi connectivity index (χ0v) is 10.8. The number of hydrogen-bond donors (Lipinski definition) is 2. The number of aromatic nitrogens is 1. The predicted octanol–water partition coefficient (Wildman–Crippen LogP) is 1.52. The number of ether oxygens (including phenoxy) is 1.